The number of hydrogen-bond donors (Lipinski definition) is 0. The molecule has 16 heavy (non-hydrogen) atoms. The molecule has 1 aromatic carbocycles. The van der Waals surface area contributed by atoms with E-state index < -0.39 is 0 Å². The minimum Gasteiger partial charge on any atom is -0.299 e. The van der Waals surface area contributed by atoms with Crippen LogP contribution in [0.1, 0.15) is 29.5 Å². The van der Waals surface area contributed by atoms with Crippen LogP contribution in [0, 0.1) is 6.92 Å². The summed E-state index contributed by atoms with van der Waals surface area (Å²) in [5, 5.41) is 0. The van der Waals surface area contributed by atoms with Gasteiger partial charge in [-0.3, -0.25) is 4.90 Å². The highest BCUT2D eigenvalue weighted by molar-refractivity contribution is 5.58. The smallest absolute Gasteiger partial charge is 0.123 e. The van der Waals surface area contributed by atoms with Crippen LogP contribution in [0.25, 0.3) is 5.83 Å². The fourth-order valence-electron chi connectivity index (χ4n) is 2.31. The fourth-order valence-corrected chi connectivity index (χ4v) is 2.31. The molecule has 0 saturated carbocycles. The molecule has 0 aliphatic carbocycles. The summed E-state index contributed by atoms with van der Waals surface area (Å²) in [4.78, 5) is 2.42. The summed E-state index contributed by atoms with van der Waals surface area (Å²) in [6, 6.07) is 5.88. The normalized spacial score (nSPS) is 16.6. The predicted octanol–water partition coefficient (Wildman–Crippen LogP) is 3.53. The fraction of sp³-hybridized carbons (Fsp3) is 0.429. The topological polar surface area (TPSA) is 3.24 Å². The van der Waals surface area contributed by atoms with Gasteiger partial charge < -0.3 is 0 Å². The third-order valence-electron chi connectivity index (χ3n) is 3.06. The Morgan fingerprint density at radius 1 is 1.31 bits per heavy atom. The monoisotopic (exact) mass is 219 g/mol. The van der Waals surface area contributed by atoms with Gasteiger partial charge in [-0.2, -0.15) is 0 Å². The molecule has 2 heteroatoms. The molecular formula is C14H18FN. The molecule has 0 bridgehead atoms. The van der Waals surface area contributed by atoms with Gasteiger partial charge in [0.15, 0.2) is 0 Å². The van der Waals surface area contributed by atoms with Crippen LogP contribution < -0.4 is 0 Å². The van der Waals surface area contributed by atoms with Gasteiger partial charge >= 0.3 is 0 Å². The first-order valence-corrected chi connectivity index (χ1v) is 5.83. The third kappa shape index (κ3) is 2.70. The van der Waals surface area contributed by atoms with Crippen LogP contribution in [0.15, 0.2) is 24.8 Å². The standard InChI is InChI=1S/C14H18FN/c1-11-7-13(9-14(8-11)12(2)15)10-16-5-3-4-6-16/h7-9H,2-6,10H2,1H3. The molecule has 1 fully saturated rings. The van der Waals surface area contributed by atoms with E-state index in [0.29, 0.717) is 5.56 Å². The van der Waals surface area contributed by atoms with Crippen LogP contribution in [0.4, 0.5) is 4.39 Å². The lowest BCUT2D eigenvalue weighted by Crippen LogP contribution is -2.18. The predicted molar refractivity (Wildman–Crippen MR) is 65.8 cm³/mol. The van der Waals surface area contributed by atoms with Crippen LogP contribution in [0.2, 0.25) is 0 Å². The quantitative estimate of drug-likeness (QED) is 0.751. The summed E-state index contributed by atoms with van der Waals surface area (Å²) >= 11 is 0. The first kappa shape index (κ1) is 11.3. The molecule has 1 aromatic rings. The Labute approximate surface area is 96.6 Å². The lowest BCUT2D eigenvalue weighted by Gasteiger charge is -2.15. The molecule has 2 rings (SSSR count). The molecule has 1 nitrogen and oxygen atoms in total. The number of nitrogens with zero attached hydrogens (tertiary/aromatic N) is 1. The number of likely N-dealkylation sites (tertiary alicyclic amines) is 1. The molecule has 0 amide bonds. The molecular weight excluding hydrogens is 201 g/mol. The average molecular weight is 219 g/mol. The molecule has 0 atom stereocenters. The second-order valence-electron chi connectivity index (χ2n) is 4.60. The van der Waals surface area contributed by atoms with Gasteiger partial charge in [0, 0.05) is 12.1 Å². The van der Waals surface area contributed by atoms with Gasteiger partial charge in [0.2, 0.25) is 0 Å². The Morgan fingerprint density at radius 2 is 2.00 bits per heavy atom. The van der Waals surface area contributed by atoms with E-state index in [2.05, 4.69) is 17.5 Å². The number of hydrogen-bond acceptors (Lipinski definition) is 1. The summed E-state index contributed by atoms with van der Waals surface area (Å²) in [7, 11) is 0. The van der Waals surface area contributed by atoms with Crippen molar-refractivity contribution in [3.8, 4) is 0 Å². The lowest BCUT2D eigenvalue weighted by atomic mass is 10.1. The highest BCUT2D eigenvalue weighted by atomic mass is 19.1. The summed E-state index contributed by atoms with van der Waals surface area (Å²) < 4.78 is 13.1. The molecule has 0 spiro atoms. The maximum Gasteiger partial charge on any atom is 0.123 e. The van der Waals surface area contributed by atoms with Crippen molar-refractivity contribution in [1.82, 2.24) is 4.90 Å². The van der Waals surface area contributed by atoms with Crippen molar-refractivity contribution in [2.45, 2.75) is 26.3 Å². The van der Waals surface area contributed by atoms with Crippen molar-refractivity contribution in [1.29, 1.82) is 0 Å². The molecule has 86 valence electrons. The minimum absolute atomic E-state index is 0.341. The zero-order chi connectivity index (χ0) is 11.5. The molecule has 0 N–H and O–H groups in total. The van der Waals surface area contributed by atoms with Crippen molar-refractivity contribution >= 4 is 5.83 Å². The second kappa shape index (κ2) is 4.79. The van der Waals surface area contributed by atoms with E-state index in [1.54, 1.807) is 0 Å². The molecule has 0 radical (unpaired) electrons. The van der Waals surface area contributed by atoms with E-state index in [1.807, 2.05) is 19.1 Å². The van der Waals surface area contributed by atoms with Crippen LogP contribution >= 0.6 is 0 Å². The van der Waals surface area contributed by atoms with Gasteiger partial charge in [0.1, 0.15) is 5.83 Å². The van der Waals surface area contributed by atoms with Gasteiger partial charge in [-0.1, -0.05) is 18.2 Å². The summed E-state index contributed by atoms with van der Waals surface area (Å²) in [6.07, 6.45) is 2.57. The maximum atomic E-state index is 13.1. The number of aryl methyl sites for hydroxylation is 1. The first-order valence-electron chi connectivity index (χ1n) is 5.83. The van der Waals surface area contributed by atoms with Gasteiger partial charge in [-0.25, -0.2) is 4.39 Å². The molecule has 0 unspecified atom stereocenters. The zero-order valence-corrected chi connectivity index (χ0v) is 9.80. The number of benzene rings is 1. The largest absolute Gasteiger partial charge is 0.299 e. The van der Waals surface area contributed by atoms with Gasteiger partial charge in [-0.05, 0) is 50.6 Å². The van der Waals surface area contributed by atoms with E-state index >= 15 is 0 Å². The summed E-state index contributed by atoms with van der Waals surface area (Å²) in [6.45, 7) is 8.62. The van der Waals surface area contributed by atoms with Gasteiger partial charge in [0.05, 0.1) is 0 Å². The first-order chi connectivity index (χ1) is 7.65. The maximum absolute atomic E-state index is 13.1. The Balaban J connectivity index is 2.16. The van der Waals surface area contributed by atoms with E-state index in [1.165, 1.54) is 31.5 Å². The lowest BCUT2D eigenvalue weighted by molar-refractivity contribution is 0.331. The number of rotatable bonds is 3. The van der Waals surface area contributed by atoms with Gasteiger partial charge in [0.25, 0.3) is 0 Å². The van der Waals surface area contributed by atoms with Crippen molar-refractivity contribution in [3.05, 3.63) is 41.5 Å². The average Bonchev–Trinajstić information content (AvgIpc) is 2.69. The van der Waals surface area contributed by atoms with Gasteiger partial charge in [-0.15, -0.1) is 0 Å². The van der Waals surface area contributed by atoms with Crippen LogP contribution in [-0.2, 0) is 6.54 Å². The van der Waals surface area contributed by atoms with Crippen molar-refractivity contribution in [3.63, 3.8) is 0 Å². The van der Waals surface area contributed by atoms with E-state index in [0.717, 1.165) is 12.1 Å². The molecule has 1 aliphatic rings. The molecule has 1 heterocycles. The summed E-state index contributed by atoms with van der Waals surface area (Å²) in [5.74, 6) is -0.341. The van der Waals surface area contributed by atoms with Crippen molar-refractivity contribution in [2.75, 3.05) is 13.1 Å². The van der Waals surface area contributed by atoms with Crippen LogP contribution in [-0.4, -0.2) is 18.0 Å². The van der Waals surface area contributed by atoms with Crippen molar-refractivity contribution in [2.24, 2.45) is 0 Å². The Bertz CT molecular complexity index is 392. The van der Waals surface area contributed by atoms with E-state index in [4.69, 9.17) is 0 Å². The third-order valence-corrected chi connectivity index (χ3v) is 3.06. The minimum atomic E-state index is -0.341. The van der Waals surface area contributed by atoms with Crippen LogP contribution in [0.3, 0.4) is 0 Å². The molecule has 1 saturated heterocycles. The molecule has 1 aliphatic heterocycles. The molecule has 0 aromatic heterocycles. The van der Waals surface area contributed by atoms with Crippen LogP contribution in [0.5, 0.6) is 0 Å². The van der Waals surface area contributed by atoms with E-state index in [-0.39, 0.29) is 5.83 Å². The Kier molecular flexibility index (Phi) is 3.39. The SMILES string of the molecule is C=C(F)c1cc(C)cc(CN2CCCC2)c1. The highest BCUT2D eigenvalue weighted by Crippen LogP contribution is 2.20. The number of halogens is 1. The zero-order valence-electron chi connectivity index (χ0n) is 9.80. The Hall–Kier alpha value is -1.15. The summed E-state index contributed by atoms with van der Waals surface area (Å²) in [5.41, 5.74) is 2.91. The Morgan fingerprint density at radius 3 is 2.62 bits per heavy atom. The van der Waals surface area contributed by atoms with Crippen molar-refractivity contribution < 1.29 is 4.39 Å². The highest BCUT2D eigenvalue weighted by Gasteiger charge is 2.12. The second-order valence-corrected chi connectivity index (χ2v) is 4.60. The van der Waals surface area contributed by atoms with E-state index in [9.17, 15) is 4.39 Å².